The average Bonchev–Trinajstić information content (AvgIpc) is 3.22. The van der Waals surface area contributed by atoms with Crippen LogP contribution in [0.25, 0.3) is 6.08 Å². The highest BCUT2D eigenvalue weighted by Crippen LogP contribution is 2.17. The van der Waals surface area contributed by atoms with Crippen LogP contribution >= 0.6 is 0 Å². The minimum absolute atomic E-state index is 0.189. The van der Waals surface area contributed by atoms with Crippen LogP contribution in [0.5, 0.6) is 0 Å². The van der Waals surface area contributed by atoms with Gasteiger partial charge in [-0.1, -0.05) is 30.0 Å². The molecule has 0 bridgehead atoms. The van der Waals surface area contributed by atoms with Gasteiger partial charge in [-0.25, -0.2) is 14.6 Å². The van der Waals surface area contributed by atoms with E-state index in [1.807, 2.05) is 24.3 Å². The number of carbonyl (C=O) groups excluding carboxylic acids is 1. The highest BCUT2D eigenvalue weighted by molar-refractivity contribution is 6.06. The second-order valence-electron chi connectivity index (χ2n) is 12.0. The van der Waals surface area contributed by atoms with Crippen molar-refractivity contribution in [2.24, 2.45) is 0 Å². The Morgan fingerprint density at radius 3 is 1.44 bits per heavy atom. The molecule has 0 unspecified atom stereocenters. The number of pyridine rings is 1. The van der Waals surface area contributed by atoms with E-state index in [4.69, 9.17) is 37.9 Å². The molecule has 3 rings (SSSR count). The molecule has 0 fully saturated rings. The number of anilines is 1. The minimum atomic E-state index is -1.36. The van der Waals surface area contributed by atoms with Gasteiger partial charge in [0.15, 0.2) is 5.78 Å². The highest BCUT2D eigenvalue weighted by Gasteiger charge is 2.13. The Morgan fingerprint density at radius 1 is 0.579 bits per heavy atom. The Bertz CT molecular complexity index is 1660. The summed E-state index contributed by atoms with van der Waals surface area (Å²) in [5.74, 6) is 2.70. The van der Waals surface area contributed by atoms with E-state index in [1.54, 1.807) is 44.6 Å². The molecule has 308 valence electrons. The van der Waals surface area contributed by atoms with E-state index in [2.05, 4.69) is 21.7 Å². The molecule has 0 saturated carbocycles. The standard InChI is InChI=1S/C42H52N2O13/c1-50-19-21-54-27-29-56-25-23-52-17-15-44(16-18-53-24-26-57-30-28-55-22-20-51-2)37-12-7-34(8-13-37)9-14-40(45)36-10-5-33(6-11-36)3-4-35-31-38(41(46)47)43-39(32-35)42(48)49/h5-14,31-32H,15-30H2,1-2H3,(H,46,47)(H,48,49)/b14-9+. The fourth-order valence-electron chi connectivity index (χ4n) is 4.84. The summed E-state index contributed by atoms with van der Waals surface area (Å²) in [7, 11) is 3.26. The topological polar surface area (TPSA) is 182 Å². The smallest absolute Gasteiger partial charge is 0.354 e. The number of methoxy groups -OCH3 is 2. The normalized spacial score (nSPS) is 11.1. The summed E-state index contributed by atoms with van der Waals surface area (Å²) in [6, 6.07) is 16.8. The van der Waals surface area contributed by atoms with Gasteiger partial charge in [-0.15, -0.1) is 0 Å². The number of carbonyl (C=O) groups is 3. The largest absolute Gasteiger partial charge is 0.477 e. The van der Waals surface area contributed by atoms with Gasteiger partial charge in [0.2, 0.25) is 0 Å². The molecule has 0 aliphatic rings. The predicted molar refractivity (Wildman–Crippen MR) is 211 cm³/mol. The van der Waals surface area contributed by atoms with Crippen LogP contribution < -0.4 is 4.90 Å². The van der Waals surface area contributed by atoms with Crippen molar-refractivity contribution in [2.45, 2.75) is 0 Å². The molecule has 0 saturated heterocycles. The molecule has 0 aliphatic heterocycles. The lowest BCUT2D eigenvalue weighted by Gasteiger charge is -2.25. The lowest BCUT2D eigenvalue weighted by atomic mass is 10.1. The molecule has 1 heterocycles. The third kappa shape index (κ3) is 19.6. The average molecular weight is 793 g/mol. The Morgan fingerprint density at radius 2 is 1.00 bits per heavy atom. The lowest BCUT2D eigenvalue weighted by molar-refractivity contribution is 0.00301. The maximum atomic E-state index is 12.9. The quantitative estimate of drug-likeness (QED) is 0.0428. The molecular formula is C42H52N2O13. The second kappa shape index (κ2) is 28.4. The van der Waals surface area contributed by atoms with E-state index in [0.717, 1.165) is 11.3 Å². The molecule has 2 N–H and O–H groups in total. The first kappa shape index (κ1) is 46.4. The van der Waals surface area contributed by atoms with Crippen molar-refractivity contribution in [3.63, 3.8) is 0 Å². The summed E-state index contributed by atoms with van der Waals surface area (Å²) < 4.78 is 43.5. The molecule has 1 aromatic heterocycles. The summed E-state index contributed by atoms with van der Waals surface area (Å²) in [6.07, 6.45) is 3.24. The summed E-state index contributed by atoms with van der Waals surface area (Å²) in [4.78, 5) is 41.3. The number of ether oxygens (including phenoxy) is 8. The van der Waals surface area contributed by atoms with Crippen molar-refractivity contribution >= 4 is 29.5 Å². The van der Waals surface area contributed by atoms with Gasteiger partial charge in [0.25, 0.3) is 0 Å². The first-order valence-electron chi connectivity index (χ1n) is 18.4. The molecule has 0 atom stereocenters. The van der Waals surface area contributed by atoms with E-state index in [0.29, 0.717) is 117 Å². The number of ketones is 1. The number of carboxylic acid groups (broad SMARTS) is 2. The maximum absolute atomic E-state index is 12.9. The van der Waals surface area contributed by atoms with E-state index in [-0.39, 0.29) is 11.3 Å². The van der Waals surface area contributed by atoms with Crippen LogP contribution in [0.3, 0.4) is 0 Å². The van der Waals surface area contributed by atoms with Crippen molar-refractivity contribution in [1.29, 1.82) is 0 Å². The monoisotopic (exact) mass is 792 g/mol. The van der Waals surface area contributed by atoms with E-state index in [1.165, 1.54) is 18.2 Å². The van der Waals surface area contributed by atoms with Crippen LogP contribution in [0.4, 0.5) is 5.69 Å². The molecule has 0 amide bonds. The van der Waals surface area contributed by atoms with Crippen molar-refractivity contribution in [3.8, 4) is 11.8 Å². The van der Waals surface area contributed by atoms with Crippen LogP contribution in [-0.2, 0) is 37.9 Å². The molecule has 15 heteroatoms. The molecule has 2 aromatic carbocycles. The van der Waals surface area contributed by atoms with Crippen molar-refractivity contribution in [1.82, 2.24) is 4.98 Å². The first-order valence-corrected chi connectivity index (χ1v) is 18.4. The number of carboxylic acids is 2. The molecule has 0 spiro atoms. The van der Waals surface area contributed by atoms with Gasteiger partial charge in [0.1, 0.15) is 11.4 Å². The molecular weight excluding hydrogens is 740 g/mol. The van der Waals surface area contributed by atoms with Gasteiger partial charge in [-0.3, -0.25) is 4.79 Å². The third-order valence-electron chi connectivity index (χ3n) is 7.83. The fourth-order valence-corrected chi connectivity index (χ4v) is 4.84. The van der Waals surface area contributed by atoms with Gasteiger partial charge < -0.3 is 53.0 Å². The second-order valence-corrected chi connectivity index (χ2v) is 12.0. The third-order valence-corrected chi connectivity index (χ3v) is 7.83. The molecule has 57 heavy (non-hydrogen) atoms. The van der Waals surface area contributed by atoms with E-state index < -0.39 is 23.3 Å². The molecule has 15 nitrogen and oxygen atoms in total. The minimum Gasteiger partial charge on any atom is -0.477 e. The number of hydrogen-bond donors (Lipinski definition) is 2. The summed E-state index contributed by atoms with van der Waals surface area (Å²) in [5.41, 5.74) is 2.17. The first-order chi connectivity index (χ1) is 27.8. The Hall–Kier alpha value is -5.02. The van der Waals surface area contributed by atoms with Crippen LogP contribution in [0.15, 0.2) is 66.7 Å². The molecule has 0 radical (unpaired) electrons. The zero-order valence-electron chi connectivity index (χ0n) is 32.5. The molecule has 3 aromatic rings. The number of nitrogens with zero attached hydrogens (tertiary/aromatic N) is 2. The maximum Gasteiger partial charge on any atom is 0.354 e. The highest BCUT2D eigenvalue weighted by atomic mass is 16.6. The number of hydrogen-bond acceptors (Lipinski definition) is 13. The number of rotatable bonds is 30. The van der Waals surface area contributed by atoms with Gasteiger partial charge in [-0.05, 0) is 60.2 Å². The summed E-state index contributed by atoms with van der Waals surface area (Å²) in [6.45, 7) is 8.22. The van der Waals surface area contributed by atoms with Crippen LogP contribution in [0.1, 0.15) is 48.0 Å². The number of aromatic carboxylic acids is 2. The van der Waals surface area contributed by atoms with E-state index in [9.17, 15) is 24.6 Å². The van der Waals surface area contributed by atoms with Crippen molar-refractivity contribution in [3.05, 3.63) is 100 Å². The van der Waals surface area contributed by atoms with Crippen LogP contribution in [0, 0.1) is 11.8 Å². The van der Waals surface area contributed by atoms with Crippen LogP contribution in [-0.4, -0.2) is 153 Å². The number of allylic oxidation sites excluding steroid dienone is 1. The zero-order chi connectivity index (χ0) is 40.9. The Balaban J connectivity index is 1.52. The zero-order valence-corrected chi connectivity index (χ0v) is 32.5. The van der Waals surface area contributed by atoms with Gasteiger partial charge in [0, 0.05) is 49.7 Å². The van der Waals surface area contributed by atoms with E-state index >= 15 is 0 Å². The summed E-state index contributed by atoms with van der Waals surface area (Å²) in [5, 5.41) is 18.5. The van der Waals surface area contributed by atoms with Crippen LogP contribution in [0.2, 0.25) is 0 Å². The molecule has 0 aliphatic carbocycles. The Kier molecular flexibility index (Phi) is 23.1. The van der Waals surface area contributed by atoms with Gasteiger partial charge in [0.05, 0.1) is 92.5 Å². The number of aromatic nitrogens is 1. The SMILES string of the molecule is COCCOCCOCCOCCN(CCOCCOCCOCCOC)c1ccc(/C=C/C(=O)c2ccc(C#Cc3cc(C(=O)O)nc(C(=O)O)c3)cc2)cc1. The lowest BCUT2D eigenvalue weighted by Crippen LogP contribution is -2.31. The van der Waals surface area contributed by atoms with Crippen molar-refractivity contribution < 1.29 is 62.5 Å². The number of benzene rings is 2. The fraction of sp³-hybridized carbons (Fsp3) is 0.429. The van der Waals surface area contributed by atoms with Gasteiger partial charge >= 0.3 is 11.9 Å². The van der Waals surface area contributed by atoms with Crippen molar-refractivity contribution in [2.75, 3.05) is 125 Å². The Labute approximate surface area is 333 Å². The predicted octanol–water partition coefficient (Wildman–Crippen LogP) is 3.97. The summed E-state index contributed by atoms with van der Waals surface area (Å²) >= 11 is 0. The van der Waals surface area contributed by atoms with Gasteiger partial charge in [-0.2, -0.15) is 0 Å².